The molecule has 0 fully saturated rings. The van der Waals surface area contributed by atoms with Gasteiger partial charge >= 0.3 is 11.4 Å². The second-order valence-corrected chi connectivity index (χ2v) is 9.58. The van der Waals surface area contributed by atoms with Crippen LogP contribution in [0.1, 0.15) is 0 Å². The third-order valence-corrected chi connectivity index (χ3v) is 7.98. The Morgan fingerprint density at radius 1 is 0.656 bits per heavy atom. The number of fused-ring (bicyclic) bond motifs is 4. The van der Waals surface area contributed by atoms with Crippen LogP contribution in [0.3, 0.4) is 0 Å². The second kappa shape index (κ2) is 6.43. The number of amides is 2. The molecule has 160 valence electrons. The summed E-state index contributed by atoms with van der Waals surface area (Å²) in [6.45, 7) is 0. The number of nitrogens with one attached hydrogen (secondary N) is 4. The van der Waals surface area contributed by atoms with Crippen LogP contribution in [0.5, 0.6) is 0 Å². The molecule has 12 heteroatoms. The van der Waals surface area contributed by atoms with Gasteiger partial charge in [-0.15, -0.1) is 0 Å². The number of carbonyl (C=O) groups excluding carboxylic acids is 2. The van der Waals surface area contributed by atoms with Crippen molar-refractivity contribution in [2.45, 2.75) is 9.79 Å². The number of thioether (sulfide) groups is 2. The predicted molar refractivity (Wildman–Crippen MR) is 123 cm³/mol. The zero-order valence-corrected chi connectivity index (χ0v) is 18.3. The molecule has 0 atom stereocenters. The number of carbonyl (C=O) groups is 2. The zero-order valence-electron chi connectivity index (χ0n) is 16.7. The molecular formula is C20H14N6O4S2. The molecule has 32 heavy (non-hydrogen) atoms. The number of hydrogen-bond acceptors (Lipinski definition) is 6. The number of hydrogen-bond donors (Lipinski definition) is 4. The predicted octanol–water partition coefficient (Wildman–Crippen LogP) is 2.05. The number of aromatic amines is 2. The summed E-state index contributed by atoms with van der Waals surface area (Å²) in [7, 11) is 3.32. The Morgan fingerprint density at radius 3 is 1.47 bits per heavy atom. The van der Waals surface area contributed by atoms with Gasteiger partial charge in [0.05, 0.1) is 43.3 Å². The Bertz CT molecular complexity index is 1560. The molecule has 0 saturated carbocycles. The lowest BCUT2D eigenvalue weighted by Gasteiger charge is -2.24. The molecule has 4 N–H and O–H groups in total. The molecule has 0 aliphatic carbocycles. The monoisotopic (exact) mass is 466 g/mol. The average Bonchev–Trinajstić information content (AvgIpc) is 3.18. The van der Waals surface area contributed by atoms with E-state index in [0.29, 0.717) is 33.4 Å². The summed E-state index contributed by atoms with van der Waals surface area (Å²) in [5, 5.41) is 5.64. The molecule has 2 aromatic carbocycles. The first kappa shape index (κ1) is 19.1. The van der Waals surface area contributed by atoms with Crippen molar-refractivity contribution in [3.8, 4) is 0 Å². The number of anilines is 2. The van der Waals surface area contributed by atoms with E-state index in [4.69, 9.17) is 0 Å². The van der Waals surface area contributed by atoms with Crippen LogP contribution in [0, 0.1) is 0 Å². The molecule has 2 aliphatic heterocycles. The minimum Gasteiger partial charge on any atom is -0.320 e. The lowest BCUT2D eigenvalue weighted by Crippen LogP contribution is -2.24. The van der Waals surface area contributed by atoms with Crippen LogP contribution in [0.2, 0.25) is 0 Å². The topological polar surface area (TPSA) is 134 Å². The minimum atomic E-state index is -0.392. The molecule has 2 aliphatic rings. The lowest BCUT2D eigenvalue weighted by atomic mass is 10.2. The highest BCUT2D eigenvalue weighted by Gasteiger charge is 2.32. The van der Waals surface area contributed by atoms with Gasteiger partial charge in [0.1, 0.15) is 0 Å². The highest BCUT2D eigenvalue weighted by molar-refractivity contribution is 8.08. The number of aryl methyl sites for hydroxylation is 2. The Balaban J connectivity index is 1.47. The SMILES string of the molecule is Cn1c(=O)[nH]c2cc3c(cc21)S/C(=C1/Sc2cc4c(cc2NC1=O)[nH]c(=O)n4C)C(=O)N3. The zero-order chi connectivity index (χ0) is 22.3. The molecule has 10 nitrogen and oxygen atoms in total. The van der Waals surface area contributed by atoms with E-state index in [0.717, 1.165) is 9.79 Å². The maximum absolute atomic E-state index is 12.9. The lowest BCUT2D eigenvalue weighted by molar-refractivity contribution is -0.114. The van der Waals surface area contributed by atoms with Gasteiger partial charge in [-0.05, 0) is 24.3 Å². The first-order valence-electron chi connectivity index (χ1n) is 9.48. The smallest absolute Gasteiger partial charge is 0.320 e. The van der Waals surface area contributed by atoms with Crippen LogP contribution in [0.4, 0.5) is 11.4 Å². The average molecular weight is 467 g/mol. The van der Waals surface area contributed by atoms with Crippen molar-refractivity contribution in [1.29, 1.82) is 0 Å². The number of rotatable bonds is 0. The fourth-order valence-corrected chi connectivity index (χ4v) is 5.97. The van der Waals surface area contributed by atoms with E-state index in [1.807, 2.05) is 12.1 Å². The standard InChI is InChI=1S/C20H14N6O4S2/c1-25-11-5-13-9(3-7(11)23-19(25)29)21-17(27)15(31-13)16-18(28)22-10-4-8-12(6-14(10)32-16)26(2)20(30)24-8/h3-6H,1-2H3,(H,21,27)(H,22,28)(H,23,29)(H,24,30)/b16-15+. The van der Waals surface area contributed by atoms with Crippen LogP contribution < -0.4 is 22.0 Å². The van der Waals surface area contributed by atoms with Gasteiger partial charge in [-0.25, -0.2) is 9.59 Å². The maximum atomic E-state index is 12.9. The fourth-order valence-electron chi connectivity index (χ4n) is 3.84. The van der Waals surface area contributed by atoms with Crippen molar-refractivity contribution in [3.05, 3.63) is 55.0 Å². The number of nitrogens with zero attached hydrogens (tertiary/aromatic N) is 2. The summed E-state index contributed by atoms with van der Waals surface area (Å²) in [5.41, 5.74) is 3.28. The van der Waals surface area contributed by atoms with E-state index in [1.165, 1.54) is 32.7 Å². The summed E-state index contributed by atoms with van der Waals surface area (Å²) >= 11 is 2.38. The highest BCUT2D eigenvalue weighted by Crippen LogP contribution is 2.47. The molecule has 4 heterocycles. The maximum Gasteiger partial charge on any atom is 0.326 e. The molecule has 0 spiro atoms. The van der Waals surface area contributed by atoms with E-state index in [-0.39, 0.29) is 21.2 Å². The number of aromatic nitrogens is 4. The van der Waals surface area contributed by atoms with Gasteiger partial charge in [-0.2, -0.15) is 0 Å². The normalized spacial score (nSPS) is 17.9. The quantitative estimate of drug-likeness (QED) is 0.293. The Hall–Kier alpha value is -3.64. The number of H-pyrrole nitrogens is 2. The summed E-state index contributed by atoms with van der Waals surface area (Å²) in [4.78, 5) is 57.1. The minimum absolute atomic E-state index is 0.249. The largest absolute Gasteiger partial charge is 0.326 e. The Morgan fingerprint density at radius 2 is 1.06 bits per heavy atom. The summed E-state index contributed by atoms with van der Waals surface area (Å²) in [6, 6.07) is 7.05. The van der Waals surface area contributed by atoms with E-state index in [1.54, 1.807) is 26.2 Å². The van der Waals surface area contributed by atoms with E-state index < -0.39 is 11.8 Å². The van der Waals surface area contributed by atoms with E-state index >= 15 is 0 Å². The van der Waals surface area contributed by atoms with Crippen molar-refractivity contribution in [1.82, 2.24) is 19.1 Å². The summed E-state index contributed by atoms with van der Waals surface area (Å²) in [5.74, 6) is -0.785. The molecule has 6 rings (SSSR count). The Labute approximate surface area is 187 Å². The van der Waals surface area contributed by atoms with Crippen molar-refractivity contribution in [2.75, 3.05) is 10.6 Å². The van der Waals surface area contributed by atoms with Gasteiger partial charge < -0.3 is 20.6 Å². The van der Waals surface area contributed by atoms with Crippen molar-refractivity contribution < 1.29 is 9.59 Å². The summed E-state index contributed by atoms with van der Waals surface area (Å²) in [6.07, 6.45) is 0. The van der Waals surface area contributed by atoms with Crippen LogP contribution in [-0.2, 0) is 23.7 Å². The van der Waals surface area contributed by atoms with Crippen LogP contribution in [0.25, 0.3) is 22.1 Å². The van der Waals surface area contributed by atoms with Gasteiger partial charge in [0, 0.05) is 23.9 Å². The number of imidazole rings is 2. The summed E-state index contributed by atoms with van der Waals surface area (Å²) < 4.78 is 2.98. The number of benzene rings is 2. The van der Waals surface area contributed by atoms with Crippen LogP contribution in [-0.4, -0.2) is 30.9 Å². The van der Waals surface area contributed by atoms with Crippen LogP contribution in [0.15, 0.2) is 53.5 Å². The van der Waals surface area contributed by atoms with Crippen LogP contribution >= 0.6 is 23.5 Å². The first-order chi connectivity index (χ1) is 15.3. The second-order valence-electron chi connectivity index (χ2n) is 7.48. The fraction of sp³-hybridized carbons (Fsp3) is 0.100. The molecule has 2 amide bonds. The van der Waals surface area contributed by atoms with E-state index in [9.17, 15) is 19.2 Å². The van der Waals surface area contributed by atoms with E-state index in [2.05, 4.69) is 20.6 Å². The molecular weight excluding hydrogens is 452 g/mol. The van der Waals surface area contributed by atoms with Crippen molar-refractivity contribution >= 4 is 68.8 Å². The third kappa shape index (κ3) is 2.63. The van der Waals surface area contributed by atoms with Crippen molar-refractivity contribution in [2.24, 2.45) is 14.1 Å². The molecule has 4 aromatic rings. The molecule has 2 aromatic heterocycles. The highest BCUT2D eigenvalue weighted by atomic mass is 32.2. The molecule has 0 saturated heterocycles. The first-order valence-corrected chi connectivity index (χ1v) is 11.1. The van der Waals surface area contributed by atoms with Crippen molar-refractivity contribution in [3.63, 3.8) is 0 Å². The molecule has 0 radical (unpaired) electrons. The van der Waals surface area contributed by atoms with Gasteiger partial charge in [0.25, 0.3) is 11.8 Å². The molecule has 0 bridgehead atoms. The van der Waals surface area contributed by atoms with Gasteiger partial charge in [-0.1, -0.05) is 23.5 Å². The van der Waals surface area contributed by atoms with Gasteiger partial charge in [-0.3, -0.25) is 18.7 Å². The van der Waals surface area contributed by atoms with Gasteiger partial charge in [0.15, 0.2) is 0 Å². The third-order valence-electron chi connectivity index (χ3n) is 5.55. The Kier molecular flexibility index (Phi) is 3.84. The van der Waals surface area contributed by atoms with Gasteiger partial charge in [0.2, 0.25) is 0 Å². The molecule has 0 unspecified atom stereocenters.